The molecule has 0 aromatic heterocycles. The summed E-state index contributed by atoms with van der Waals surface area (Å²) in [6.45, 7) is 5.28. The van der Waals surface area contributed by atoms with Crippen molar-refractivity contribution in [3.63, 3.8) is 0 Å². The summed E-state index contributed by atoms with van der Waals surface area (Å²) in [4.78, 5) is 25.4. The Morgan fingerprint density at radius 2 is 2.04 bits per heavy atom. The number of nitrogens with one attached hydrogen (secondary N) is 1. The maximum atomic E-state index is 12.7. The molecule has 0 radical (unpaired) electrons. The van der Waals surface area contributed by atoms with Gasteiger partial charge in [-0.1, -0.05) is 0 Å². The molecular formula is C16H24ClN3O4. The molecule has 1 aromatic carbocycles. The van der Waals surface area contributed by atoms with Crippen molar-refractivity contribution in [2.75, 3.05) is 26.8 Å². The van der Waals surface area contributed by atoms with Crippen LogP contribution in [0.3, 0.4) is 0 Å². The van der Waals surface area contributed by atoms with Crippen LogP contribution in [0.4, 0.5) is 0 Å². The number of amides is 2. The smallest absolute Gasteiger partial charge is 0.255 e. The molecule has 3 N–H and O–H groups in total. The molecule has 0 spiro atoms. The average Bonchev–Trinajstić information content (AvgIpc) is 2.54. The van der Waals surface area contributed by atoms with Gasteiger partial charge in [0.05, 0.1) is 7.11 Å². The molecular weight excluding hydrogens is 334 g/mol. The van der Waals surface area contributed by atoms with E-state index >= 15 is 0 Å². The highest BCUT2D eigenvalue weighted by atomic mass is 35.5. The minimum absolute atomic E-state index is 0. The van der Waals surface area contributed by atoms with Gasteiger partial charge in [-0.2, -0.15) is 0 Å². The molecule has 2 atom stereocenters. The molecule has 1 aliphatic heterocycles. The predicted octanol–water partition coefficient (Wildman–Crippen LogP) is 0.804. The van der Waals surface area contributed by atoms with E-state index in [4.69, 9.17) is 15.2 Å². The second kappa shape index (κ2) is 8.75. The first kappa shape index (κ1) is 20.1. The van der Waals surface area contributed by atoms with Crippen LogP contribution in [-0.2, 0) is 4.79 Å². The molecule has 24 heavy (non-hydrogen) atoms. The lowest BCUT2D eigenvalue weighted by Crippen LogP contribution is -2.57. The van der Waals surface area contributed by atoms with Gasteiger partial charge in [-0.15, -0.1) is 12.4 Å². The first-order valence-corrected chi connectivity index (χ1v) is 7.57. The zero-order valence-corrected chi connectivity index (χ0v) is 14.9. The Morgan fingerprint density at radius 3 is 2.67 bits per heavy atom. The molecule has 1 aromatic rings. The van der Waals surface area contributed by atoms with Crippen molar-refractivity contribution >= 4 is 24.2 Å². The standard InChI is InChI=1S/C16H23N3O4.ClH/c1-10-11(2)19(7-6-18-10)16(21)12-4-5-13(14(8-12)22-3)23-9-15(17)20;/h4-5,8,10-11,18H,6-7,9H2,1-3H3,(H2,17,20);1H. The van der Waals surface area contributed by atoms with E-state index < -0.39 is 5.91 Å². The number of nitrogens with two attached hydrogens (primary N) is 1. The van der Waals surface area contributed by atoms with Gasteiger partial charge in [0.1, 0.15) is 0 Å². The predicted molar refractivity (Wildman–Crippen MR) is 92.9 cm³/mol. The van der Waals surface area contributed by atoms with Crippen LogP contribution in [0.25, 0.3) is 0 Å². The first-order valence-electron chi connectivity index (χ1n) is 7.57. The van der Waals surface area contributed by atoms with E-state index in [2.05, 4.69) is 12.2 Å². The van der Waals surface area contributed by atoms with Gasteiger partial charge >= 0.3 is 0 Å². The quantitative estimate of drug-likeness (QED) is 0.813. The summed E-state index contributed by atoms with van der Waals surface area (Å²) in [5.41, 5.74) is 5.59. The first-order chi connectivity index (χ1) is 10.9. The number of ether oxygens (including phenoxy) is 2. The summed E-state index contributed by atoms with van der Waals surface area (Å²) in [6.07, 6.45) is 0. The summed E-state index contributed by atoms with van der Waals surface area (Å²) >= 11 is 0. The topological polar surface area (TPSA) is 93.9 Å². The summed E-state index contributed by atoms with van der Waals surface area (Å²) < 4.78 is 10.5. The van der Waals surface area contributed by atoms with Gasteiger partial charge in [0, 0.05) is 30.7 Å². The van der Waals surface area contributed by atoms with Gasteiger partial charge in [0.15, 0.2) is 18.1 Å². The average molecular weight is 358 g/mol. The fraction of sp³-hybridized carbons (Fsp3) is 0.500. The minimum atomic E-state index is -0.573. The summed E-state index contributed by atoms with van der Waals surface area (Å²) in [5, 5.41) is 3.34. The van der Waals surface area contributed by atoms with Gasteiger partial charge in [-0.05, 0) is 32.0 Å². The lowest BCUT2D eigenvalue weighted by molar-refractivity contribution is -0.119. The zero-order chi connectivity index (χ0) is 17.0. The molecule has 1 saturated heterocycles. The Balaban J connectivity index is 0.00000288. The fourth-order valence-electron chi connectivity index (χ4n) is 2.58. The Hall–Kier alpha value is -1.99. The maximum Gasteiger partial charge on any atom is 0.255 e. The lowest BCUT2D eigenvalue weighted by atomic mass is 10.1. The van der Waals surface area contributed by atoms with Crippen LogP contribution >= 0.6 is 12.4 Å². The molecule has 8 heteroatoms. The summed E-state index contributed by atoms with van der Waals surface area (Å²) in [7, 11) is 1.48. The van der Waals surface area contributed by atoms with E-state index in [9.17, 15) is 9.59 Å². The lowest BCUT2D eigenvalue weighted by Gasteiger charge is -2.38. The number of nitrogens with zero attached hydrogens (tertiary/aromatic N) is 1. The monoisotopic (exact) mass is 357 g/mol. The van der Waals surface area contributed by atoms with E-state index in [1.54, 1.807) is 18.2 Å². The van der Waals surface area contributed by atoms with Crippen LogP contribution in [0.1, 0.15) is 24.2 Å². The largest absolute Gasteiger partial charge is 0.493 e. The van der Waals surface area contributed by atoms with Crippen molar-refractivity contribution < 1.29 is 19.1 Å². The number of carbonyl (C=O) groups is 2. The van der Waals surface area contributed by atoms with E-state index in [0.29, 0.717) is 23.6 Å². The number of hydrogen-bond donors (Lipinski definition) is 2. The number of carbonyl (C=O) groups excluding carboxylic acids is 2. The molecule has 1 heterocycles. The van der Waals surface area contributed by atoms with Crippen LogP contribution in [-0.4, -0.2) is 55.6 Å². The van der Waals surface area contributed by atoms with Crippen LogP contribution in [0.5, 0.6) is 11.5 Å². The van der Waals surface area contributed by atoms with Crippen LogP contribution in [0.15, 0.2) is 18.2 Å². The Labute approximate surface area is 147 Å². The Bertz CT molecular complexity index is 597. The third-order valence-corrected chi connectivity index (χ3v) is 4.08. The molecule has 2 unspecified atom stereocenters. The van der Waals surface area contributed by atoms with Crippen molar-refractivity contribution in [1.29, 1.82) is 0 Å². The normalized spacial score (nSPS) is 20.0. The van der Waals surface area contributed by atoms with Crippen LogP contribution in [0.2, 0.25) is 0 Å². The van der Waals surface area contributed by atoms with Crippen molar-refractivity contribution in [1.82, 2.24) is 10.2 Å². The highest BCUT2D eigenvalue weighted by Crippen LogP contribution is 2.29. The highest BCUT2D eigenvalue weighted by Gasteiger charge is 2.29. The van der Waals surface area contributed by atoms with Gasteiger partial charge in [-0.3, -0.25) is 9.59 Å². The van der Waals surface area contributed by atoms with Gasteiger partial charge in [0.25, 0.3) is 11.8 Å². The maximum absolute atomic E-state index is 12.7. The summed E-state index contributed by atoms with van der Waals surface area (Å²) in [6, 6.07) is 5.25. The SMILES string of the molecule is COc1cc(C(=O)N2CCNC(C)C2C)ccc1OCC(N)=O.Cl. The number of methoxy groups -OCH3 is 1. The molecule has 1 fully saturated rings. The molecule has 0 aliphatic carbocycles. The second-order valence-corrected chi connectivity index (χ2v) is 5.60. The third-order valence-electron chi connectivity index (χ3n) is 4.08. The van der Waals surface area contributed by atoms with E-state index in [1.165, 1.54) is 7.11 Å². The molecule has 1 aliphatic rings. The molecule has 2 rings (SSSR count). The summed E-state index contributed by atoms with van der Waals surface area (Å²) in [5.74, 6) is 0.152. The fourth-order valence-corrected chi connectivity index (χ4v) is 2.58. The molecule has 134 valence electrons. The number of halogens is 1. The number of rotatable bonds is 5. The Kier molecular flexibility index (Phi) is 7.31. The van der Waals surface area contributed by atoms with Gasteiger partial charge in [-0.25, -0.2) is 0 Å². The van der Waals surface area contributed by atoms with Crippen LogP contribution in [0, 0.1) is 0 Å². The van der Waals surface area contributed by atoms with Crippen molar-refractivity contribution in [2.45, 2.75) is 25.9 Å². The minimum Gasteiger partial charge on any atom is -0.493 e. The number of hydrogen-bond acceptors (Lipinski definition) is 5. The van der Waals surface area contributed by atoms with E-state index in [0.717, 1.165) is 6.54 Å². The molecule has 0 saturated carbocycles. The number of piperazine rings is 1. The van der Waals surface area contributed by atoms with E-state index in [-0.39, 0.29) is 37.0 Å². The van der Waals surface area contributed by atoms with Crippen molar-refractivity contribution in [3.05, 3.63) is 23.8 Å². The highest BCUT2D eigenvalue weighted by molar-refractivity contribution is 5.95. The molecule has 0 bridgehead atoms. The van der Waals surface area contributed by atoms with Crippen molar-refractivity contribution in [2.24, 2.45) is 5.73 Å². The van der Waals surface area contributed by atoms with Gasteiger partial charge in [0.2, 0.25) is 0 Å². The van der Waals surface area contributed by atoms with Crippen molar-refractivity contribution in [3.8, 4) is 11.5 Å². The molecule has 2 amide bonds. The number of benzene rings is 1. The third kappa shape index (κ3) is 4.52. The zero-order valence-electron chi connectivity index (χ0n) is 14.1. The number of primary amides is 1. The molecule has 7 nitrogen and oxygen atoms in total. The second-order valence-electron chi connectivity index (χ2n) is 5.60. The van der Waals surface area contributed by atoms with E-state index in [1.807, 2.05) is 11.8 Å². The van der Waals surface area contributed by atoms with Crippen LogP contribution < -0.4 is 20.5 Å². The Morgan fingerprint density at radius 1 is 1.33 bits per heavy atom. The van der Waals surface area contributed by atoms with Gasteiger partial charge < -0.3 is 25.4 Å².